The summed E-state index contributed by atoms with van der Waals surface area (Å²) in [4.78, 5) is 4.52. The zero-order valence-corrected chi connectivity index (χ0v) is 11.5. The van der Waals surface area contributed by atoms with Crippen LogP contribution in [0, 0.1) is 12.8 Å². The second kappa shape index (κ2) is 5.96. The quantitative estimate of drug-likeness (QED) is 0.865. The summed E-state index contributed by atoms with van der Waals surface area (Å²) in [5, 5.41) is 4.73. The van der Waals surface area contributed by atoms with Crippen LogP contribution in [0.1, 0.15) is 31.5 Å². The number of nitrogens with one attached hydrogen (secondary N) is 1. The van der Waals surface area contributed by atoms with Crippen LogP contribution in [0.5, 0.6) is 0 Å². The van der Waals surface area contributed by atoms with E-state index >= 15 is 0 Å². The van der Waals surface area contributed by atoms with Gasteiger partial charge in [-0.05, 0) is 43.1 Å². The van der Waals surface area contributed by atoms with Gasteiger partial charge in [0.15, 0.2) is 0 Å². The molecule has 0 spiro atoms. The van der Waals surface area contributed by atoms with Crippen LogP contribution < -0.4 is 5.32 Å². The van der Waals surface area contributed by atoms with Crippen LogP contribution in [0.25, 0.3) is 10.9 Å². The Bertz CT molecular complexity index is 519. The number of hydrogen-bond donors (Lipinski definition) is 1. The monoisotopic (exact) mass is 242 g/mol. The molecule has 2 nitrogen and oxygen atoms in total. The average Bonchev–Trinajstić information content (AvgIpc) is 2.38. The van der Waals surface area contributed by atoms with Crippen LogP contribution in [0.4, 0.5) is 0 Å². The normalized spacial score (nSPS) is 12.8. The highest BCUT2D eigenvalue weighted by molar-refractivity contribution is 5.79. The second-order valence-electron chi connectivity index (χ2n) is 5.12. The molecule has 1 aromatic heterocycles. The van der Waals surface area contributed by atoms with E-state index in [0.29, 0.717) is 0 Å². The Morgan fingerprint density at radius 2 is 2.06 bits per heavy atom. The van der Waals surface area contributed by atoms with Gasteiger partial charge in [-0.25, -0.2) is 0 Å². The number of hydrogen-bond acceptors (Lipinski definition) is 2. The van der Waals surface area contributed by atoms with Crippen molar-refractivity contribution >= 4 is 10.9 Å². The third kappa shape index (κ3) is 3.30. The van der Waals surface area contributed by atoms with Crippen molar-refractivity contribution in [2.45, 2.75) is 33.7 Å². The van der Waals surface area contributed by atoms with Crippen LogP contribution in [0.2, 0.25) is 0 Å². The molecule has 1 atom stereocenters. The summed E-state index contributed by atoms with van der Waals surface area (Å²) in [5.74, 6) is 0.745. The van der Waals surface area contributed by atoms with Gasteiger partial charge in [-0.1, -0.05) is 32.4 Å². The minimum atomic E-state index is 0.745. The predicted molar refractivity (Wildman–Crippen MR) is 77.6 cm³/mol. The number of aromatic nitrogens is 1. The molecule has 2 aromatic rings. The fourth-order valence-corrected chi connectivity index (χ4v) is 1.99. The summed E-state index contributed by atoms with van der Waals surface area (Å²) in [5.41, 5.74) is 3.49. The highest BCUT2D eigenvalue weighted by atomic mass is 14.9. The van der Waals surface area contributed by atoms with Crippen molar-refractivity contribution in [3.05, 3.63) is 41.6 Å². The fourth-order valence-electron chi connectivity index (χ4n) is 1.99. The smallest absolute Gasteiger partial charge is 0.0705 e. The number of rotatable bonds is 5. The van der Waals surface area contributed by atoms with Crippen molar-refractivity contribution in [3.63, 3.8) is 0 Å². The van der Waals surface area contributed by atoms with E-state index in [1.54, 1.807) is 0 Å². The SMILES string of the molecule is CCC(C)CNCc1ccc2nc(C)ccc2c1. The zero-order valence-electron chi connectivity index (χ0n) is 11.5. The van der Waals surface area contributed by atoms with E-state index in [1.165, 1.54) is 17.4 Å². The summed E-state index contributed by atoms with van der Waals surface area (Å²) in [6.07, 6.45) is 1.23. The van der Waals surface area contributed by atoms with Gasteiger partial charge < -0.3 is 5.32 Å². The molecule has 0 saturated heterocycles. The van der Waals surface area contributed by atoms with Gasteiger partial charge in [-0.15, -0.1) is 0 Å². The lowest BCUT2D eigenvalue weighted by molar-refractivity contribution is 0.500. The third-order valence-electron chi connectivity index (χ3n) is 3.41. The molecule has 0 saturated carbocycles. The van der Waals surface area contributed by atoms with Gasteiger partial charge in [0.25, 0.3) is 0 Å². The lowest BCUT2D eigenvalue weighted by Gasteiger charge is -2.10. The molecule has 2 heteroatoms. The molecule has 2 rings (SSSR count). The van der Waals surface area contributed by atoms with Crippen LogP contribution in [-0.2, 0) is 6.54 Å². The third-order valence-corrected chi connectivity index (χ3v) is 3.41. The maximum atomic E-state index is 4.52. The first-order chi connectivity index (χ1) is 8.69. The maximum Gasteiger partial charge on any atom is 0.0705 e. The van der Waals surface area contributed by atoms with Crippen molar-refractivity contribution in [2.24, 2.45) is 5.92 Å². The molecule has 1 N–H and O–H groups in total. The maximum absolute atomic E-state index is 4.52. The van der Waals surface area contributed by atoms with Gasteiger partial charge in [-0.2, -0.15) is 0 Å². The van der Waals surface area contributed by atoms with Gasteiger partial charge >= 0.3 is 0 Å². The molecule has 18 heavy (non-hydrogen) atoms. The van der Waals surface area contributed by atoms with E-state index in [2.05, 4.69) is 54.5 Å². The molecule has 0 aliphatic heterocycles. The molecule has 0 aliphatic rings. The minimum Gasteiger partial charge on any atom is -0.312 e. The summed E-state index contributed by atoms with van der Waals surface area (Å²) in [6.45, 7) is 8.56. The molecule has 0 aliphatic carbocycles. The fraction of sp³-hybridized carbons (Fsp3) is 0.438. The zero-order chi connectivity index (χ0) is 13.0. The van der Waals surface area contributed by atoms with Crippen LogP contribution in [0.3, 0.4) is 0 Å². The molecule has 0 bridgehead atoms. The van der Waals surface area contributed by atoms with Crippen molar-refractivity contribution in [3.8, 4) is 0 Å². The molecule has 1 unspecified atom stereocenters. The van der Waals surface area contributed by atoms with Crippen molar-refractivity contribution < 1.29 is 0 Å². The summed E-state index contributed by atoms with van der Waals surface area (Å²) in [7, 11) is 0. The first kappa shape index (κ1) is 13.0. The van der Waals surface area contributed by atoms with Crippen molar-refractivity contribution in [1.82, 2.24) is 10.3 Å². The van der Waals surface area contributed by atoms with E-state index in [-0.39, 0.29) is 0 Å². The summed E-state index contributed by atoms with van der Waals surface area (Å²) < 4.78 is 0. The van der Waals surface area contributed by atoms with E-state index in [1.807, 2.05) is 6.92 Å². The topological polar surface area (TPSA) is 24.9 Å². The predicted octanol–water partition coefficient (Wildman–Crippen LogP) is 3.68. The van der Waals surface area contributed by atoms with Crippen LogP contribution in [-0.4, -0.2) is 11.5 Å². The number of aryl methyl sites for hydroxylation is 1. The largest absolute Gasteiger partial charge is 0.312 e. The molecule has 0 fully saturated rings. The van der Waals surface area contributed by atoms with E-state index in [0.717, 1.165) is 30.2 Å². The first-order valence-electron chi connectivity index (χ1n) is 6.76. The molecular formula is C16H22N2. The molecule has 1 aromatic carbocycles. The van der Waals surface area contributed by atoms with Crippen LogP contribution >= 0.6 is 0 Å². The van der Waals surface area contributed by atoms with Crippen LogP contribution in [0.15, 0.2) is 30.3 Å². The van der Waals surface area contributed by atoms with Gasteiger partial charge in [0.2, 0.25) is 0 Å². The van der Waals surface area contributed by atoms with Gasteiger partial charge in [0, 0.05) is 17.6 Å². The highest BCUT2D eigenvalue weighted by Crippen LogP contribution is 2.14. The number of pyridine rings is 1. The Morgan fingerprint density at radius 1 is 1.22 bits per heavy atom. The van der Waals surface area contributed by atoms with E-state index < -0.39 is 0 Å². The first-order valence-corrected chi connectivity index (χ1v) is 6.76. The number of fused-ring (bicyclic) bond motifs is 1. The Hall–Kier alpha value is -1.41. The highest BCUT2D eigenvalue weighted by Gasteiger charge is 2.00. The standard InChI is InChI=1S/C16H22N2/c1-4-12(2)10-17-11-14-6-8-16-15(9-14)7-5-13(3)18-16/h5-9,12,17H,4,10-11H2,1-3H3. The lowest BCUT2D eigenvalue weighted by atomic mass is 10.1. The second-order valence-corrected chi connectivity index (χ2v) is 5.12. The Morgan fingerprint density at radius 3 is 2.83 bits per heavy atom. The van der Waals surface area contributed by atoms with Crippen molar-refractivity contribution in [1.29, 1.82) is 0 Å². The van der Waals surface area contributed by atoms with Gasteiger partial charge in [0.05, 0.1) is 5.52 Å². The summed E-state index contributed by atoms with van der Waals surface area (Å²) >= 11 is 0. The Balaban J connectivity index is 2.04. The number of nitrogens with zero attached hydrogens (tertiary/aromatic N) is 1. The molecular weight excluding hydrogens is 220 g/mol. The van der Waals surface area contributed by atoms with E-state index in [9.17, 15) is 0 Å². The molecule has 0 radical (unpaired) electrons. The molecule has 1 heterocycles. The lowest BCUT2D eigenvalue weighted by Crippen LogP contribution is -2.20. The van der Waals surface area contributed by atoms with Gasteiger partial charge in [0.1, 0.15) is 0 Å². The van der Waals surface area contributed by atoms with E-state index in [4.69, 9.17) is 0 Å². The average molecular weight is 242 g/mol. The summed E-state index contributed by atoms with van der Waals surface area (Å²) in [6, 6.07) is 10.7. The minimum absolute atomic E-state index is 0.745. The number of benzene rings is 1. The molecule has 0 amide bonds. The van der Waals surface area contributed by atoms with Gasteiger partial charge in [-0.3, -0.25) is 4.98 Å². The Kier molecular flexibility index (Phi) is 4.32. The Labute approximate surface area is 109 Å². The van der Waals surface area contributed by atoms with Crippen molar-refractivity contribution in [2.75, 3.05) is 6.54 Å². The molecule has 96 valence electrons.